The first-order chi connectivity index (χ1) is 10.5. The fourth-order valence-corrected chi connectivity index (χ4v) is 2.00. The van der Waals surface area contributed by atoms with E-state index in [1.807, 2.05) is 6.92 Å². The number of halogens is 2. The van der Waals surface area contributed by atoms with Crippen LogP contribution in [0.2, 0.25) is 0 Å². The Morgan fingerprint density at radius 1 is 1.41 bits per heavy atom. The van der Waals surface area contributed by atoms with E-state index in [-0.39, 0.29) is 11.5 Å². The highest BCUT2D eigenvalue weighted by Crippen LogP contribution is 2.22. The van der Waals surface area contributed by atoms with Crippen LogP contribution in [0.5, 0.6) is 5.75 Å². The van der Waals surface area contributed by atoms with E-state index in [4.69, 9.17) is 0 Å². The van der Waals surface area contributed by atoms with Gasteiger partial charge in [0.05, 0.1) is 11.3 Å². The second kappa shape index (κ2) is 6.98. The fourth-order valence-electron chi connectivity index (χ4n) is 2.00. The minimum atomic E-state index is -2.91. The molecular weight excluding hydrogens is 290 g/mol. The topological polar surface area (TPSA) is 44.1 Å². The normalized spacial score (nSPS) is 11.3. The summed E-state index contributed by atoms with van der Waals surface area (Å²) in [6, 6.07) is 6.30. The monoisotopic (exact) mass is 306 g/mol. The third-order valence-corrected chi connectivity index (χ3v) is 3.09. The van der Waals surface area contributed by atoms with Crippen molar-refractivity contribution >= 4 is 11.9 Å². The summed E-state index contributed by atoms with van der Waals surface area (Å²) in [4.78, 5) is 12.2. The van der Waals surface area contributed by atoms with E-state index in [0.717, 1.165) is 0 Å². The standard InChI is InChI=1S/C16H16F2N2O2/c1-3-20-10-13(11(2)19-20)14(21)9-8-12-6-4-5-7-15(12)22-16(17)18/h4-10,16H,3H2,1-2H3/b9-8+. The van der Waals surface area contributed by atoms with E-state index in [2.05, 4.69) is 9.84 Å². The van der Waals surface area contributed by atoms with Gasteiger partial charge in [0.1, 0.15) is 5.75 Å². The van der Waals surface area contributed by atoms with Crippen LogP contribution in [0.15, 0.2) is 36.5 Å². The first kappa shape index (κ1) is 15.9. The van der Waals surface area contributed by atoms with Crippen LogP contribution in [0, 0.1) is 6.92 Å². The largest absolute Gasteiger partial charge is 0.434 e. The third kappa shape index (κ3) is 3.78. The van der Waals surface area contributed by atoms with E-state index in [0.29, 0.717) is 23.4 Å². The molecule has 4 nitrogen and oxygen atoms in total. The lowest BCUT2D eigenvalue weighted by molar-refractivity contribution is -0.0499. The van der Waals surface area contributed by atoms with Crippen LogP contribution >= 0.6 is 0 Å². The predicted octanol–water partition coefficient (Wildman–Crippen LogP) is 3.71. The number of alkyl halides is 2. The molecule has 22 heavy (non-hydrogen) atoms. The maximum atomic E-state index is 12.3. The molecule has 6 heteroatoms. The van der Waals surface area contributed by atoms with Crippen LogP contribution in [0.4, 0.5) is 8.78 Å². The highest BCUT2D eigenvalue weighted by Gasteiger charge is 2.11. The van der Waals surface area contributed by atoms with E-state index in [1.165, 1.54) is 18.2 Å². The van der Waals surface area contributed by atoms with Gasteiger partial charge in [0.2, 0.25) is 0 Å². The lowest BCUT2D eigenvalue weighted by atomic mass is 10.1. The Labute approximate surface area is 127 Å². The fraction of sp³-hybridized carbons (Fsp3) is 0.250. The molecule has 0 aliphatic carbocycles. The minimum absolute atomic E-state index is 0.0301. The molecule has 0 aliphatic rings. The quantitative estimate of drug-likeness (QED) is 0.603. The van der Waals surface area contributed by atoms with Crippen molar-refractivity contribution in [2.45, 2.75) is 27.0 Å². The average Bonchev–Trinajstić information content (AvgIpc) is 2.87. The highest BCUT2D eigenvalue weighted by atomic mass is 19.3. The number of carbonyl (C=O) groups is 1. The minimum Gasteiger partial charge on any atom is -0.434 e. The van der Waals surface area contributed by atoms with Crippen molar-refractivity contribution in [1.82, 2.24) is 9.78 Å². The summed E-state index contributed by atoms with van der Waals surface area (Å²) in [5.41, 5.74) is 1.54. The number of ketones is 1. The van der Waals surface area contributed by atoms with E-state index >= 15 is 0 Å². The molecule has 0 radical (unpaired) electrons. The van der Waals surface area contributed by atoms with Crippen LogP contribution in [0.3, 0.4) is 0 Å². The Kier molecular flexibility index (Phi) is 5.04. The molecule has 116 valence electrons. The van der Waals surface area contributed by atoms with Gasteiger partial charge in [0.15, 0.2) is 5.78 Å². The molecule has 0 aliphatic heterocycles. The van der Waals surface area contributed by atoms with Crippen LogP contribution in [0.25, 0.3) is 6.08 Å². The van der Waals surface area contributed by atoms with Gasteiger partial charge in [-0.15, -0.1) is 0 Å². The van der Waals surface area contributed by atoms with Crippen molar-refractivity contribution in [1.29, 1.82) is 0 Å². The summed E-state index contributed by atoms with van der Waals surface area (Å²) >= 11 is 0. The number of aromatic nitrogens is 2. The van der Waals surface area contributed by atoms with Crippen molar-refractivity contribution < 1.29 is 18.3 Å². The number of aryl methyl sites for hydroxylation is 2. The van der Waals surface area contributed by atoms with Gasteiger partial charge in [0.25, 0.3) is 0 Å². The average molecular weight is 306 g/mol. The summed E-state index contributed by atoms with van der Waals surface area (Å²) in [6.45, 7) is 1.44. The Morgan fingerprint density at radius 3 is 2.77 bits per heavy atom. The van der Waals surface area contributed by atoms with Gasteiger partial charge >= 0.3 is 6.61 Å². The molecule has 0 amide bonds. The summed E-state index contributed by atoms with van der Waals surface area (Å²) < 4.78 is 30.8. The molecule has 0 saturated carbocycles. The molecule has 1 aromatic heterocycles. The molecule has 0 N–H and O–H groups in total. The Balaban J connectivity index is 2.21. The third-order valence-electron chi connectivity index (χ3n) is 3.09. The zero-order valence-electron chi connectivity index (χ0n) is 12.3. The van der Waals surface area contributed by atoms with Gasteiger partial charge in [-0.25, -0.2) is 0 Å². The number of hydrogen-bond donors (Lipinski definition) is 0. The summed E-state index contributed by atoms with van der Waals surface area (Å²) in [7, 11) is 0. The number of ether oxygens (including phenoxy) is 1. The zero-order valence-corrected chi connectivity index (χ0v) is 12.3. The SMILES string of the molecule is CCn1cc(C(=O)/C=C/c2ccccc2OC(F)F)c(C)n1. The lowest BCUT2D eigenvalue weighted by Gasteiger charge is -2.07. The van der Waals surface area contributed by atoms with Gasteiger partial charge in [-0.3, -0.25) is 9.48 Å². The molecule has 2 rings (SSSR count). The molecule has 0 atom stereocenters. The van der Waals surface area contributed by atoms with Crippen LogP contribution in [0.1, 0.15) is 28.5 Å². The number of benzene rings is 1. The zero-order chi connectivity index (χ0) is 16.1. The summed E-state index contributed by atoms with van der Waals surface area (Å²) in [6.07, 6.45) is 4.46. The van der Waals surface area contributed by atoms with Gasteiger partial charge in [-0.2, -0.15) is 13.9 Å². The number of carbonyl (C=O) groups excluding carboxylic acids is 1. The van der Waals surface area contributed by atoms with Crippen molar-refractivity contribution in [3.8, 4) is 5.75 Å². The number of nitrogens with zero attached hydrogens (tertiary/aromatic N) is 2. The van der Waals surface area contributed by atoms with E-state index < -0.39 is 6.61 Å². The van der Waals surface area contributed by atoms with E-state index in [9.17, 15) is 13.6 Å². The first-order valence-electron chi connectivity index (χ1n) is 6.81. The number of allylic oxidation sites excluding steroid dienone is 1. The maximum absolute atomic E-state index is 12.3. The summed E-state index contributed by atoms with van der Waals surface area (Å²) in [5.74, 6) is -0.202. The molecule has 1 aromatic carbocycles. The van der Waals surface area contributed by atoms with Crippen molar-refractivity contribution in [3.63, 3.8) is 0 Å². The van der Waals surface area contributed by atoms with Gasteiger partial charge in [0, 0.05) is 18.3 Å². The second-order valence-electron chi connectivity index (χ2n) is 4.60. The van der Waals surface area contributed by atoms with Gasteiger partial charge in [-0.1, -0.05) is 18.2 Å². The number of para-hydroxylation sites is 1. The molecule has 0 bridgehead atoms. The Morgan fingerprint density at radius 2 is 2.14 bits per heavy atom. The highest BCUT2D eigenvalue weighted by molar-refractivity contribution is 6.07. The maximum Gasteiger partial charge on any atom is 0.387 e. The van der Waals surface area contributed by atoms with Gasteiger partial charge < -0.3 is 4.74 Å². The van der Waals surface area contributed by atoms with E-state index in [1.54, 1.807) is 36.0 Å². The predicted molar refractivity (Wildman–Crippen MR) is 79.1 cm³/mol. The van der Waals surface area contributed by atoms with Crippen LogP contribution in [-0.2, 0) is 6.54 Å². The van der Waals surface area contributed by atoms with Crippen LogP contribution < -0.4 is 4.74 Å². The molecular formula is C16H16F2N2O2. The lowest BCUT2D eigenvalue weighted by Crippen LogP contribution is -2.03. The molecule has 0 unspecified atom stereocenters. The Hall–Kier alpha value is -2.50. The molecule has 0 saturated heterocycles. The number of hydrogen-bond acceptors (Lipinski definition) is 3. The van der Waals surface area contributed by atoms with Crippen LogP contribution in [-0.4, -0.2) is 22.2 Å². The molecule has 0 spiro atoms. The Bertz CT molecular complexity index is 693. The molecule has 2 aromatic rings. The second-order valence-corrected chi connectivity index (χ2v) is 4.60. The van der Waals surface area contributed by atoms with Crippen molar-refractivity contribution in [2.24, 2.45) is 0 Å². The first-order valence-corrected chi connectivity index (χ1v) is 6.81. The summed E-state index contributed by atoms with van der Waals surface area (Å²) in [5, 5.41) is 4.20. The smallest absolute Gasteiger partial charge is 0.387 e. The van der Waals surface area contributed by atoms with Crippen molar-refractivity contribution in [3.05, 3.63) is 53.4 Å². The number of rotatable bonds is 6. The molecule has 0 fully saturated rings. The van der Waals surface area contributed by atoms with Gasteiger partial charge in [-0.05, 0) is 32.1 Å². The van der Waals surface area contributed by atoms with Crippen molar-refractivity contribution in [2.75, 3.05) is 0 Å². The molecule has 1 heterocycles.